The van der Waals surface area contributed by atoms with Crippen molar-refractivity contribution in [2.24, 2.45) is 5.73 Å². The van der Waals surface area contributed by atoms with Gasteiger partial charge in [0.25, 0.3) is 0 Å². The molecule has 1 unspecified atom stereocenters. The second-order valence-electron chi connectivity index (χ2n) is 6.91. The molecule has 1 fully saturated rings. The molecule has 2 aromatic carbocycles. The third-order valence-electron chi connectivity index (χ3n) is 4.97. The van der Waals surface area contributed by atoms with Crippen LogP contribution in [0.15, 0.2) is 78.5 Å². The van der Waals surface area contributed by atoms with Crippen LogP contribution < -0.4 is 14.4 Å². The van der Waals surface area contributed by atoms with Gasteiger partial charge in [-0.3, -0.25) is 0 Å². The smallest absolute Gasteiger partial charge is 0.309 e. The van der Waals surface area contributed by atoms with E-state index in [0.29, 0.717) is 24.5 Å². The molecular weight excluding hydrogens is 360 g/mol. The summed E-state index contributed by atoms with van der Waals surface area (Å²) in [6.45, 7) is 0.688. The standard InChI is InChI=1S/C21H23N2O3S/c22-15-17-5-4-14-23(16-17,27(24,25)21-12-13-21)18-8-10-20(11-9-18)26-19-6-2-1-3-7-19/h1-11,16,21H,12-15,22H2/q+1. The Labute approximate surface area is 160 Å². The van der Waals surface area contributed by atoms with E-state index in [1.807, 2.05) is 66.7 Å². The Kier molecular flexibility index (Phi) is 4.63. The molecule has 1 heterocycles. The molecule has 2 aromatic rings. The number of hydrogen-bond acceptors (Lipinski definition) is 4. The second-order valence-corrected chi connectivity index (χ2v) is 9.26. The van der Waals surface area contributed by atoms with Gasteiger partial charge in [0, 0.05) is 24.3 Å². The Bertz CT molecular complexity index is 978. The Morgan fingerprint density at radius 1 is 1.00 bits per heavy atom. The molecule has 1 atom stereocenters. The van der Waals surface area contributed by atoms with Gasteiger partial charge in [-0.25, -0.2) is 0 Å². The molecule has 4 rings (SSSR count). The number of hydrogen-bond donors (Lipinski definition) is 1. The highest BCUT2D eigenvalue weighted by Crippen LogP contribution is 2.41. The van der Waals surface area contributed by atoms with Gasteiger partial charge in [0.1, 0.15) is 29.5 Å². The van der Waals surface area contributed by atoms with Crippen LogP contribution in [0.1, 0.15) is 12.8 Å². The van der Waals surface area contributed by atoms with Gasteiger partial charge in [0.15, 0.2) is 5.69 Å². The zero-order valence-electron chi connectivity index (χ0n) is 15.0. The van der Waals surface area contributed by atoms with Crippen molar-refractivity contribution in [3.05, 3.63) is 78.5 Å². The maximum absolute atomic E-state index is 13.3. The number of sulfonamides is 1. The van der Waals surface area contributed by atoms with Crippen LogP contribution in [0.5, 0.6) is 11.5 Å². The number of ether oxygens (including phenoxy) is 1. The first-order chi connectivity index (χ1) is 13.0. The summed E-state index contributed by atoms with van der Waals surface area (Å²) in [6.07, 6.45) is 7.06. The molecule has 0 amide bonds. The number of nitrogens with two attached hydrogens (primary N) is 1. The van der Waals surface area contributed by atoms with Crippen LogP contribution >= 0.6 is 0 Å². The van der Waals surface area contributed by atoms with Crippen LogP contribution in [-0.2, 0) is 10.0 Å². The third-order valence-corrected chi connectivity index (χ3v) is 7.66. The highest BCUT2D eigenvalue weighted by Gasteiger charge is 2.52. The molecule has 1 saturated carbocycles. The monoisotopic (exact) mass is 383 g/mol. The first-order valence-electron chi connectivity index (χ1n) is 9.09. The fraction of sp³-hybridized carbons (Fsp3) is 0.238. The van der Waals surface area contributed by atoms with Gasteiger partial charge in [-0.05, 0) is 43.2 Å². The quantitative estimate of drug-likeness (QED) is 0.773. The van der Waals surface area contributed by atoms with Crippen molar-refractivity contribution in [1.82, 2.24) is 3.89 Å². The highest BCUT2D eigenvalue weighted by atomic mass is 32.2. The Morgan fingerprint density at radius 2 is 1.67 bits per heavy atom. The fourth-order valence-corrected chi connectivity index (χ4v) is 5.63. The minimum Gasteiger partial charge on any atom is -0.457 e. The number of para-hydroxylation sites is 1. The molecule has 0 bridgehead atoms. The van der Waals surface area contributed by atoms with Crippen molar-refractivity contribution in [2.45, 2.75) is 18.1 Å². The molecule has 6 heteroatoms. The first-order valence-corrected chi connectivity index (χ1v) is 10.6. The summed E-state index contributed by atoms with van der Waals surface area (Å²) in [6, 6.07) is 16.8. The molecule has 0 radical (unpaired) electrons. The van der Waals surface area contributed by atoms with Crippen LogP contribution in [0.3, 0.4) is 0 Å². The van der Waals surface area contributed by atoms with Gasteiger partial charge < -0.3 is 10.5 Å². The summed E-state index contributed by atoms with van der Waals surface area (Å²) in [5.41, 5.74) is 7.34. The lowest BCUT2D eigenvalue weighted by molar-refractivity contribution is 0.480. The van der Waals surface area contributed by atoms with E-state index in [1.165, 1.54) is 0 Å². The lowest BCUT2D eigenvalue weighted by Gasteiger charge is -2.34. The molecule has 2 aliphatic rings. The average Bonchev–Trinajstić information content (AvgIpc) is 3.55. The molecule has 1 aliphatic carbocycles. The van der Waals surface area contributed by atoms with Crippen molar-refractivity contribution in [3.63, 3.8) is 0 Å². The highest BCUT2D eigenvalue weighted by molar-refractivity contribution is 7.92. The average molecular weight is 383 g/mol. The summed E-state index contributed by atoms with van der Waals surface area (Å²) in [4.78, 5) is 0. The Balaban J connectivity index is 1.71. The molecule has 140 valence electrons. The van der Waals surface area contributed by atoms with Crippen molar-refractivity contribution in [3.8, 4) is 11.5 Å². The molecule has 2 N–H and O–H groups in total. The van der Waals surface area contributed by atoms with Gasteiger partial charge in [0.2, 0.25) is 0 Å². The van der Waals surface area contributed by atoms with E-state index < -0.39 is 10.0 Å². The number of benzene rings is 2. The van der Waals surface area contributed by atoms with E-state index in [-0.39, 0.29) is 9.14 Å². The summed E-state index contributed by atoms with van der Waals surface area (Å²) in [5.74, 6) is 1.41. The van der Waals surface area contributed by atoms with Crippen LogP contribution in [0.2, 0.25) is 0 Å². The van der Waals surface area contributed by atoms with Gasteiger partial charge in [-0.15, -0.1) is 0 Å². The largest absolute Gasteiger partial charge is 0.457 e. The molecule has 27 heavy (non-hydrogen) atoms. The molecular formula is C21H23N2O3S+. The lowest BCUT2D eigenvalue weighted by Crippen LogP contribution is -2.52. The van der Waals surface area contributed by atoms with Crippen molar-refractivity contribution >= 4 is 15.7 Å². The Morgan fingerprint density at radius 3 is 2.30 bits per heavy atom. The number of nitrogens with zero attached hydrogens (tertiary/aromatic N) is 1. The second kappa shape index (κ2) is 6.96. The van der Waals surface area contributed by atoms with E-state index in [0.717, 1.165) is 24.2 Å². The summed E-state index contributed by atoms with van der Waals surface area (Å²) < 4.78 is 32.3. The first kappa shape index (κ1) is 18.0. The van der Waals surface area contributed by atoms with E-state index in [2.05, 4.69) is 0 Å². The maximum atomic E-state index is 13.3. The Hall–Kier alpha value is -2.41. The summed E-state index contributed by atoms with van der Waals surface area (Å²) >= 11 is 0. The van der Waals surface area contributed by atoms with E-state index in [1.54, 1.807) is 6.20 Å². The summed E-state index contributed by atoms with van der Waals surface area (Å²) in [7, 11) is -3.40. The molecule has 0 aromatic heterocycles. The van der Waals surface area contributed by atoms with Crippen molar-refractivity contribution in [1.29, 1.82) is 0 Å². The summed E-state index contributed by atoms with van der Waals surface area (Å²) in [5, 5.41) is -0.278. The van der Waals surface area contributed by atoms with Gasteiger partial charge in [-0.1, -0.05) is 24.3 Å². The van der Waals surface area contributed by atoms with Crippen LogP contribution in [0.25, 0.3) is 0 Å². The van der Waals surface area contributed by atoms with E-state index >= 15 is 0 Å². The normalized spacial score (nSPS) is 22.3. The van der Waals surface area contributed by atoms with Gasteiger partial charge >= 0.3 is 10.0 Å². The minimum atomic E-state index is -3.40. The minimum absolute atomic E-state index is 0.202. The predicted octanol–water partition coefficient (Wildman–Crippen LogP) is 3.69. The topological polar surface area (TPSA) is 69.4 Å². The SMILES string of the molecule is NCC1=C[N+](c2ccc(Oc3ccccc3)cc2)(S(=O)(=O)C2CC2)CC=C1. The van der Waals surface area contributed by atoms with Gasteiger partial charge in [0.05, 0.1) is 0 Å². The van der Waals surface area contributed by atoms with Crippen molar-refractivity contribution in [2.75, 3.05) is 13.1 Å². The van der Waals surface area contributed by atoms with E-state index in [4.69, 9.17) is 10.5 Å². The van der Waals surface area contributed by atoms with Crippen LogP contribution in [0.4, 0.5) is 5.69 Å². The molecule has 5 nitrogen and oxygen atoms in total. The molecule has 1 aliphatic heterocycles. The van der Waals surface area contributed by atoms with Crippen molar-refractivity contribution < 1.29 is 13.2 Å². The molecule has 0 spiro atoms. The maximum Gasteiger partial charge on any atom is 0.309 e. The van der Waals surface area contributed by atoms with Crippen LogP contribution in [0, 0.1) is 0 Å². The third kappa shape index (κ3) is 3.32. The van der Waals surface area contributed by atoms with Gasteiger partial charge in [-0.2, -0.15) is 12.3 Å². The van der Waals surface area contributed by atoms with E-state index in [9.17, 15) is 8.42 Å². The fourth-order valence-electron chi connectivity index (χ4n) is 3.37. The lowest BCUT2D eigenvalue weighted by atomic mass is 10.2. The number of rotatable bonds is 6. The zero-order chi connectivity index (χ0) is 18.9. The number of quaternary nitrogens is 1. The van der Waals surface area contributed by atoms with Crippen LogP contribution in [-0.4, -0.2) is 26.8 Å². The predicted molar refractivity (Wildman–Crippen MR) is 108 cm³/mol. The molecule has 0 saturated heterocycles. The zero-order valence-corrected chi connectivity index (χ0v) is 15.8.